The average molecular weight is 438 g/mol. The summed E-state index contributed by atoms with van der Waals surface area (Å²) in [7, 11) is 1.58. The van der Waals surface area contributed by atoms with Crippen molar-refractivity contribution in [2.45, 2.75) is 32.5 Å². The molecule has 1 fully saturated rings. The summed E-state index contributed by atoms with van der Waals surface area (Å²) in [4.78, 5) is 30.2. The van der Waals surface area contributed by atoms with Crippen LogP contribution < -0.4 is 4.74 Å². The number of rotatable bonds is 6. The lowest BCUT2D eigenvalue weighted by Gasteiger charge is -2.37. The van der Waals surface area contributed by atoms with Crippen LogP contribution in [0.1, 0.15) is 25.0 Å². The first-order chi connectivity index (χ1) is 15.4. The van der Waals surface area contributed by atoms with E-state index in [-0.39, 0.29) is 36.4 Å². The summed E-state index contributed by atoms with van der Waals surface area (Å²) in [5.41, 5.74) is 2.36. The Labute approximate surface area is 187 Å². The number of amides is 2. The van der Waals surface area contributed by atoms with Crippen molar-refractivity contribution in [3.05, 3.63) is 71.2 Å². The van der Waals surface area contributed by atoms with Gasteiger partial charge >= 0.3 is 0 Å². The van der Waals surface area contributed by atoms with E-state index >= 15 is 0 Å². The van der Waals surface area contributed by atoms with Crippen LogP contribution in [0, 0.1) is 5.82 Å². The molecule has 0 spiro atoms. The zero-order valence-electron chi connectivity index (χ0n) is 18.5. The van der Waals surface area contributed by atoms with E-state index in [9.17, 15) is 14.0 Å². The molecule has 6 nitrogen and oxygen atoms in total. The first-order valence-corrected chi connectivity index (χ1v) is 10.8. The van der Waals surface area contributed by atoms with Crippen LogP contribution in [0.15, 0.2) is 54.2 Å². The minimum absolute atomic E-state index is 0.0560. The van der Waals surface area contributed by atoms with Crippen LogP contribution in [-0.2, 0) is 20.7 Å². The summed E-state index contributed by atoms with van der Waals surface area (Å²) < 4.78 is 24.3. The van der Waals surface area contributed by atoms with Gasteiger partial charge in [0.2, 0.25) is 0 Å². The van der Waals surface area contributed by atoms with Crippen LogP contribution in [0.3, 0.4) is 0 Å². The Morgan fingerprint density at radius 1 is 0.969 bits per heavy atom. The van der Waals surface area contributed by atoms with Gasteiger partial charge in [0.25, 0.3) is 11.8 Å². The lowest BCUT2D eigenvalue weighted by Crippen LogP contribution is -2.47. The van der Waals surface area contributed by atoms with E-state index in [4.69, 9.17) is 9.47 Å². The molecule has 168 valence electrons. The Hall–Kier alpha value is -3.19. The molecule has 32 heavy (non-hydrogen) atoms. The molecular formula is C25H27FN2O4. The average Bonchev–Trinajstić information content (AvgIpc) is 3.02. The van der Waals surface area contributed by atoms with Crippen LogP contribution in [0.4, 0.5) is 4.39 Å². The van der Waals surface area contributed by atoms with Gasteiger partial charge in [-0.1, -0.05) is 24.3 Å². The van der Waals surface area contributed by atoms with E-state index in [1.54, 1.807) is 43.5 Å². The molecule has 2 heterocycles. The number of carbonyl (C=O) groups excluding carboxylic acids is 2. The Morgan fingerprint density at radius 2 is 1.59 bits per heavy atom. The van der Waals surface area contributed by atoms with Gasteiger partial charge in [0, 0.05) is 19.6 Å². The lowest BCUT2D eigenvalue weighted by molar-refractivity contribution is -0.138. The molecule has 2 aromatic carbocycles. The predicted molar refractivity (Wildman–Crippen MR) is 118 cm³/mol. The van der Waals surface area contributed by atoms with Gasteiger partial charge in [0.15, 0.2) is 0 Å². The smallest absolute Gasteiger partial charge is 0.277 e. The van der Waals surface area contributed by atoms with E-state index in [1.165, 1.54) is 17.0 Å². The number of nitrogens with zero attached hydrogens (tertiary/aromatic N) is 2. The molecule has 0 N–H and O–H groups in total. The fourth-order valence-electron chi connectivity index (χ4n) is 4.33. The second kappa shape index (κ2) is 9.12. The zero-order valence-corrected chi connectivity index (χ0v) is 18.5. The van der Waals surface area contributed by atoms with E-state index in [0.717, 1.165) is 5.56 Å². The molecule has 2 atom stereocenters. The lowest BCUT2D eigenvalue weighted by atomic mass is 10.0. The van der Waals surface area contributed by atoms with Crippen LogP contribution in [-0.4, -0.2) is 60.6 Å². The van der Waals surface area contributed by atoms with Crippen molar-refractivity contribution < 1.29 is 23.5 Å². The highest BCUT2D eigenvalue weighted by Crippen LogP contribution is 2.34. The Kier molecular flexibility index (Phi) is 6.28. The third kappa shape index (κ3) is 4.39. The van der Waals surface area contributed by atoms with Crippen LogP contribution in [0.2, 0.25) is 0 Å². The second-order valence-electron chi connectivity index (χ2n) is 8.25. The van der Waals surface area contributed by atoms with Gasteiger partial charge in [-0.15, -0.1) is 0 Å². The number of benzene rings is 2. The highest BCUT2D eigenvalue weighted by Gasteiger charge is 2.42. The minimum Gasteiger partial charge on any atom is -0.497 e. The van der Waals surface area contributed by atoms with E-state index in [1.807, 2.05) is 18.7 Å². The molecule has 2 aliphatic heterocycles. The third-order valence-corrected chi connectivity index (χ3v) is 5.80. The third-order valence-electron chi connectivity index (χ3n) is 5.80. The maximum absolute atomic E-state index is 13.5. The van der Waals surface area contributed by atoms with Crippen molar-refractivity contribution in [3.8, 4) is 5.75 Å². The van der Waals surface area contributed by atoms with Crippen LogP contribution >= 0.6 is 0 Å². The topological polar surface area (TPSA) is 59.1 Å². The predicted octanol–water partition coefficient (Wildman–Crippen LogP) is 3.27. The number of imide groups is 1. The van der Waals surface area contributed by atoms with Crippen molar-refractivity contribution in [2.75, 3.05) is 26.7 Å². The molecule has 2 amide bonds. The molecular weight excluding hydrogens is 411 g/mol. The number of carbonyl (C=O) groups is 2. The summed E-state index contributed by atoms with van der Waals surface area (Å²) >= 11 is 0. The maximum atomic E-state index is 13.5. The van der Waals surface area contributed by atoms with E-state index in [0.29, 0.717) is 42.1 Å². The van der Waals surface area contributed by atoms with Crippen molar-refractivity contribution in [1.29, 1.82) is 0 Å². The summed E-state index contributed by atoms with van der Waals surface area (Å²) in [6, 6.07) is 13.3. The molecule has 2 aliphatic rings. The molecule has 0 bridgehead atoms. The summed E-state index contributed by atoms with van der Waals surface area (Å²) in [5.74, 6) is -0.258. The van der Waals surface area contributed by atoms with Gasteiger partial charge in [0.1, 0.15) is 17.3 Å². The monoisotopic (exact) mass is 438 g/mol. The van der Waals surface area contributed by atoms with Gasteiger partial charge < -0.3 is 14.4 Å². The number of methoxy groups -OCH3 is 1. The standard InChI is InChI=1S/C25H27FN2O4/c1-16-14-27(15-17(2)32-16)23-22(19-6-10-21(31-3)11-7-19)24(29)28(25(23)30)13-12-18-4-8-20(26)9-5-18/h4-11,16-17H,12-15H2,1-3H3. The molecule has 2 aromatic rings. The normalized spacial score (nSPS) is 21.5. The van der Waals surface area contributed by atoms with Gasteiger partial charge in [-0.05, 0) is 55.7 Å². The SMILES string of the molecule is COc1ccc(C2=C(N3CC(C)OC(C)C3)C(=O)N(CCc3ccc(F)cc3)C2=O)cc1. The molecule has 7 heteroatoms. The van der Waals surface area contributed by atoms with Crippen molar-refractivity contribution >= 4 is 17.4 Å². The quantitative estimate of drug-likeness (QED) is 0.648. The highest BCUT2D eigenvalue weighted by atomic mass is 19.1. The molecule has 0 saturated carbocycles. The molecule has 0 aromatic heterocycles. The largest absolute Gasteiger partial charge is 0.497 e. The van der Waals surface area contributed by atoms with Gasteiger partial charge in [-0.25, -0.2) is 4.39 Å². The number of hydrogen-bond acceptors (Lipinski definition) is 5. The number of morpholine rings is 1. The van der Waals surface area contributed by atoms with Crippen molar-refractivity contribution in [3.63, 3.8) is 0 Å². The first-order valence-electron chi connectivity index (χ1n) is 10.8. The molecule has 0 radical (unpaired) electrons. The molecule has 4 rings (SSSR count). The summed E-state index contributed by atoms with van der Waals surface area (Å²) in [5, 5.41) is 0. The minimum atomic E-state index is -0.316. The van der Waals surface area contributed by atoms with Crippen LogP contribution in [0.5, 0.6) is 5.75 Å². The summed E-state index contributed by atoms with van der Waals surface area (Å²) in [6.45, 7) is 5.21. The maximum Gasteiger partial charge on any atom is 0.277 e. The molecule has 0 aliphatic carbocycles. The Balaban J connectivity index is 1.66. The van der Waals surface area contributed by atoms with Crippen LogP contribution in [0.25, 0.3) is 5.57 Å². The van der Waals surface area contributed by atoms with Gasteiger partial charge in [0.05, 0.1) is 24.9 Å². The van der Waals surface area contributed by atoms with Gasteiger partial charge in [-0.2, -0.15) is 0 Å². The van der Waals surface area contributed by atoms with E-state index < -0.39 is 0 Å². The highest BCUT2D eigenvalue weighted by molar-refractivity contribution is 6.35. The summed E-state index contributed by atoms with van der Waals surface area (Å²) in [6.07, 6.45) is 0.343. The number of ether oxygens (including phenoxy) is 2. The Bertz CT molecular complexity index is 1020. The Morgan fingerprint density at radius 3 is 2.19 bits per heavy atom. The molecule has 1 saturated heterocycles. The fraction of sp³-hybridized carbons (Fsp3) is 0.360. The number of halogens is 1. The molecule has 2 unspecified atom stereocenters. The van der Waals surface area contributed by atoms with Crippen molar-refractivity contribution in [2.24, 2.45) is 0 Å². The second-order valence-corrected chi connectivity index (χ2v) is 8.25. The first kappa shape index (κ1) is 22.0. The van der Waals surface area contributed by atoms with E-state index in [2.05, 4.69) is 0 Å². The zero-order chi connectivity index (χ0) is 22.8. The number of hydrogen-bond donors (Lipinski definition) is 0. The van der Waals surface area contributed by atoms with Gasteiger partial charge in [-0.3, -0.25) is 14.5 Å². The fourth-order valence-corrected chi connectivity index (χ4v) is 4.33. The van der Waals surface area contributed by atoms with Crippen molar-refractivity contribution in [1.82, 2.24) is 9.80 Å².